The molecule has 1 aliphatic rings. The summed E-state index contributed by atoms with van der Waals surface area (Å²) < 4.78 is 2.60. The summed E-state index contributed by atoms with van der Waals surface area (Å²) >= 11 is 0.352. The Labute approximate surface area is 74.2 Å². The second kappa shape index (κ2) is 5.22. The van der Waals surface area contributed by atoms with Crippen molar-refractivity contribution in [2.75, 3.05) is 0 Å². The maximum absolute atomic E-state index is 2.47. The van der Waals surface area contributed by atoms with Gasteiger partial charge in [-0.05, 0) is 0 Å². The zero-order valence-corrected chi connectivity index (χ0v) is 9.01. The first-order valence-electron chi connectivity index (χ1n) is 4.21. The van der Waals surface area contributed by atoms with Gasteiger partial charge in [0.05, 0.1) is 0 Å². The maximum atomic E-state index is 2.47. The predicted octanol–water partition coefficient (Wildman–Crippen LogP) is 3.05. The first-order chi connectivity index (χ1) is 4.93. The fourth-order valence-electron chi connectivity index (χ4n) is 1.19. The predicted molar refractivity (Wildman–Crippen MR) is 47.6 cm³/mol. The van der Waals surface area contributed by atoms with E-state index >= 15 is 0 Å². The van der Waals surface area contributed by atoms with Gasteiger partial charge < -0.3 is 0 Å². The summed E-state index contributed by atoms with van der Waals surface area (Å²) in [6, 6.07) is 0. The van der Waals surface area contributed by atoms with Gasteiger partial charge in [0, 0.05) is 0 Å². The molecule has 0 radical (unpaired) electrons. The molecule has 0 saturated carbocycles. The third kappa shape index (κ3) is 3.08. The monoisotopic (exact) mass is 254 g/mol. The van der Waals surface area contributed by atoms with Gasteiger partial charge in [-0.1, -0.05) is 0 Å². The SMILES string of the molecule is CCC[Te]C1C=CCCC1. The van der Waals surface area contributed by atoms with Crippen LogP contribution in [0.25, 0.3) is 0 Å². The molecule has 0 spiro atoms. The minimum atomic E-state index is 0.352. The minimum absolute atomic E-state index is 0.352. The van der Waals surface area contributed by atoms with Crippen LogP contribution < -0.4 is 0 Å². The Morgan fingerprint density at radius 2 is 2.50 bits per heavy atom. The standard InChI is InChI=1S/C9H16Te/c1-2-8-10-9-6-4-3-5-7-9/h4,6,9H,2-3,5,7-8H2,1H3. The van der Waals surface area contributed by atoms with E-state index in [1.807, 2.05) is 0 Å². The molecule has 0 aromatic heterocycles. The third-order valence-corrected chi connectivity index (χ3v) is 5.93. The van der Waals surface area contributed by atoms with Gasteiger partial charge in [-0.15, -0.1) is 0 Å². The van der Waals surface area contributed by atoms with E-state index < -0.39 is 0 Å². The normalized spacial score (nSPS) is 25.1. The van der Waals surface area contributed by atoms with Crippen molar-refractivity contribution in [3.8, 4) is 0 Å². The molecular formula is C9H16Te. The van der Waals surface area contributed by atoms with Crippen molar-refractivity contribution >= 4 is 20.9 Å². The van der Waals surface area contributed by atoms with Crippen molar-refractivity contribution in [1.82, 2.24) is 0 Å². The fraction of sp³-hybridized carbons (Fsp3) is 0.778. The van der Waals surface area contributed by atoms with Gasteiger partial charge in [0.25, 0.3) is 0 Å². The third-order valence-electron chi connectivity index (χ3n) is 1.75. The van der Waals surface area contributed by atoms with Crippen molar-refractivity contribution in [1.29, 1.82) is 0 Å². The number of rotatable bonds is 3. The summed E-state index contributed by atoms with van der Waals surface area (Å²) in [7, 11) is 0. The van der Waals surface area contributed by atoms with E-state index in [1.54, 1.807) is 4.47 Å². The number of hydrogen-bond donors (Lipinski definition) is 0. The van der Waals surface area contributed by atoms with Crippen molar-refractivity contribution in [2.24, 2.45) is 0 Å². The van der Waals surface area contributed by atoms with Crippen LogP contribution in [0.4, 0.5) is 0 Å². The molecule has 10 heavy (non-hydrogen) atoms. The van der Waals surface area contributed by atoms with Crippen molar-refractivity contribution in [2.45, 2.75) is 41.0 Å². The molecule has 0 aliphatic heterocycles. The summed E-state index contributed by atoms with van der Waals surface area (Å²) in [6.07, 6.45) is 10.6. The van der Waals surface area contributed by atoms with Crippen LogP contribution in [0.5, 0.6) is 0 Å². The Morgan fingerprint density at radius 1 is 1.60 bits per heavy atom. The first-order valence-corrected chi connectivity index (χ1v) is 7.21. The van der Waals surface area contributed by atoms with E-state index in [0.717, 1.165) is 3.97 Å². The molecule has 1 rings (SSSR count). The van der Waals surface area contributed by atoms with Crippen LogP contribution in [0, 0.1) is 0 Å². The Bertz CT molecular complexity index is 107. The number of allylic oxidation sites excluding steroid dienone is 2. The second-order valence-corrected chi connectivity index (χ2v) is 6.61. The van der Waals surface area contributed by atoms with E-state index in [2.05, 4.69) is 19.1 Å². The van der Waals surface area contributed by atoms with E-state index in [1.165, 1.54) is 25.7 Å². The average molecular weight is 252 g/mol. The molecule has 1 atom stereocenters. The molecule has 0 N–H and O–H groups in total. The molecule has 0 heterocycles. The van der Waals surface area contributed by atoms with Crippen LogP contribution >= 0.6 is 0 Å². The molecule has 0 bridgehead atoms. The Hall–Kier alpha value is 0.530. The van der Waals surface area contributed by atoms with Crippen molar-refractivity contribution < 1.29 is 0 Å². The second-order valence-electron chi connectivity index (χ2n) is 2.77. The molecule has 0 saturated heterocycles. The van der Waals surface area contributed by atoms with Crippen molar-refractivity contribution in [3.63, 3.8) is 0 Å². The van der Waals surface area contributed by atoms with E-state index in [0.29, 0.717) is 20.9 Å². The topological polar surface area (TPSA) is 0 Å². The van der Waals surface area contributed by atoms with Crippen LogP contribution in [0.2, 0.25) is 8.43 Å². The molecule has 0 fully saturated rings. The fourth-order valence-corrected chi connectivity index (χ4v) is 4.31. The van der Waals surface area contributed by atoms with E-state index in [-0.39, 0.29) is 0 Å². The molecule has 0 aromatic rings. The van der Waals surface area contributed by atoms with Crippen LogP contribution in [-0.2, 0) is 0 Å². The quantitative estimate of drug-likeness (QED) is 0.534. The summed E-state index contributed by atoms with van der Waals surface area (Å²) in [4.78, 5) is 0. The van der Waals surface area contributed by atoms with Crippen LogP contribution in [0.3, 0.4) is 0 Å². The molecule has 0 amide bonds. The molecule has 1 heteroatoms. The molecule has 0 aromatic carbocycles. The van der Waals surface area contributed by atoms with Gasteiger partial charge in [-0.25, -0.2) is 0 Å². The van der Waals surface area contributed by atoms with Gasteiger partial charge >= 0.3 is 74.1 Å². The van der Waals surface area contributed by atoms with Gasteiger partial charge in [-0.3, -0.25) is 0 Å². The number of hydrogen-bond acceptors (Lipinski definition) is 0. The molecule has 1 aliphatic carbocycles. The summed E-state index contributed by atoms with van der Waals surface area (Å²) in [6.45, 7) is 2.30. The zero-order chi connectivity index (χ0) is 7.23. The summed E-state index contributed by atoms with van der Waals surface area (Å²) in [5.41, 5.74) is 0. The van der Waals surface area contributed by atoms with Crippen LogP contribution in [0.15, 0.2) is 12.2 Å². The van der Waals surface area contributed by atoms with Crippen molar-refractivity contribution in [3.05, 3.63) is 12.2 Å². The van der Waals surface area contributed by atoms with Crippen LogP contribution in [-0.4, -0.2) is 20.9 Å². The molecule has 58 valence electrons. The zero-order valence-electron chi connectivity index (χ0n) is 6.68. The van der Waals surface area contributed by atoms with Gasteiger partial charge in [0.2, 0.25) is 0 Å². The summed E-state index contributed by atoms with van der Waals surface area (Å²) in [5.74, 6) is 0. The van der Waals surface area contributed by atoms with Gasteiger partial charge in [0.15, 0.2) is 0 Å². The van der Waals surface area contributed by atoms with Gasteiger partial charge in [-0.2, -0.15) is 0 Å². The first kappa shape index (κ1) is 8.62. The molecular weight excluding hydrogens is 236 g/mol. The Morgan fingerprint density at radius 3 is 3.10 bits per heavy atom. The average Bonchev–Trinajstić information content (AvgIpc) is 2.03. The van der Waals surface area contributed by atoms with E-state index in [9.17, 15) is 0 Å². The Balaban J connectivity index is 2.13. The summed E-state index contributed by atoms with van der Waals surface area (Å²) in [5, 5.41) is 0. The Kier molecular flexibility index (Phi) is 4.50. The molecule has 1 unspecified atom stereocenters. The molecule has 0 nitrogen and oxygen atoms in total. The van der Waals surface area contributed by atoms with E-state index in [4.69, 9.17) is 0 Å². The van der Waals surface area contributed by atoms with Crippen LogP contribution in [0.1, 0.15) is 32.6 Å². The van der Waals surface area contributed by atoms with Gasteiger partial charge in [0.1, 0.15) is 0 Å².